The molecule has 0 spiro atoms. The Morgan fingerprint density at radius 3 is 1.55 bits per heavy atom. The molecule has 0 unspecified atom stereocenters. The van der Waals surface area contributed by atoms with Gasteiger partial charge in [0, 0.05) is 48.1 Å². The van der Waals surface area contributed by atoms with Crippen molar-refractivity contribution >= 4 is 33.6 Å². The first-order chi connectivity index (χ1) is 24.6. The van der Waals surface area contributed by atoms with Gasteiger partial charge < -0.3 is 19.8 Å². The molecule has 0 radical (unpaired) electrons. The van der Waals surface area contributed by atoms with Crippen molar-refractivity contribution in [2.75, 3.05) is 13.1 Å². The van der Waals surface area contributed by atoms with Gasteiger partial charge in [-0.2, -0.15) is 10.5 Å². The summed E-state index contributed by atoms with van der Waals surface area (Å²) in [6.07, 6.45) is 1.59. The number of nitriles is 2. The van der Waals surface area contributed by atoms with Crippen LogP contribution < -0.4 is 10.6 Å². The highest BCUT2D eigenvalue weighted by Crippen LogP contribution is 2.38. The third-order valence-corrected chi connectivity index (χ3v) is 9.57. The number of carbonyl (C=O) groups excluding carboxylic acids is 2. The summed E-state index contributed by atoms with van der Waals surface area (Å²) < 4.78 is 45.0. The van der Waals surface area contributed by atoms with Crippen molar-refractivity contribution in [3.63, 3.8) is 0 Å². The van der Waals surface area contributed by atoms with Crippen LogP contribution in [0.5, 0.6) is 0 Å². The SMILES string of the molecule is Cc1c2n(c3c(-c4cc(F)c(F)c(F)c4)cc(C#N)cc13)CCCNC2=O.Cc1c2n(c3c(-c4ccccc4)cc(C#N)cc13)CCCNC2=O. The van der Waals surface area contributed by atoms with Gasteiger partial charge in [-0.25, -0.2) is 13.2 Å². The lowest BCUT2D eigenvalue weighted by Crippen LogP contribution is -2.23. The lowest BCUT2D eigenvalue weighted by atomic mass is 9.98. The summed E-state index contributed by atoms with van der Waals surface area (Å²) >= 11 is 0. The number of fused-ring (bicyclic) bond motifs is 6. The Labute approximate surface area is 291 Å². The zero-order valence-electron chi connectivity index (χ0n) is 27.8. The van der Waals surface area contributed by atoms with E-state index >= 15 is 0 Å². The number of rotatable bonds is 2. The van der Waals surface area contributed by atoms with Crippen LogP contribution in [-0.4, -0.2) is 34.0 Å². The van der Waals surface area contributed by atoms with E-state index in [1.54, 1.807) is 13.0 Å². The molecule has 4 aromatic carbocycles. The Hall–Kier alpha value is -6.33. The Kier molecular flexibility index (Phi) is 8.57. The van der Waals surface area contributed by atoms with Crippen molar-refractivity contribution in [1.29, 1.82) is 10.5 Å². The minimum absolute atomic E-state index is 0.0290. The maximum atomic E-state index is 13.8. The normalized spacial score (nSPS) is 13.9. The van der Waals surface area contributed by atoms with E-state index in [0.29, 0.717) is 59.3 Å². The molecular formula is C40H31F3N6O2. The van der Waals surface area contributed by atoms with Gasteiger partial charge in [0.05, 0.1) is 34.3 Å². The van der Waals surface area contributed by atoms with Crippen LogP contribution in [0.15, 0.2) is 66.7 Å². The van der Waals surface area contributed by atoms with Gasteiger partial charge in [-0.05, 0) is 85.3 Å². The van der Waals surface area contributed by atoms with Crippen molar-refractivity contribution in [3.05, 3.63) is 118 Å². The van der Waals surface area contributed by atoms with Gasteiger partial charge in [-0.1, -0.05) is 30.3 Å². The van der Waals surface area contributed by atoms with Crippen LogP contribution in [0.2, 0.25) is 0 Å². The van der Waals surface area contributed by atoms with Crippen molar-refractivity contribution in [1.82, 2.24) is 19.8 Å². The molecule has 0 fully saturated rings. The molecule has 6 aromatic rings. The average molecular weight is 685 g/mol. The van der Waals surface area contributed by atoms with Gasteiger partial charge in [-0.15, -0.1) is 0 Å². The van der Waals surface area contributed by atoms with Crippen LogP contribution in [0.3, 0.4) is 0 Å². The number of nitrogens with one attached hydrogen (secondary N) is 2. The van der Waals surface area contributed by atoms with Crippen molar-refractivity contribution in [2.45, 2.75) is 39.8 Å². The maximum absolute atomic E-state index is 13.8. The van der Waals surface area contributed by atoms with Crippen LogP contribution in [0.1, 0.15) is 56.1 Å². The highest BCUT2D eigenvalue weighted by Gasteiger charge is 2.27. The molecule has 0 bridgehead atoms. The molecular weight excluding hydrogens is 653 g/mol. The fourth-order valence-electron chi connectivity index (χ4n) is 7.28. The lowest BCUT2D eigenvalue weighted by molar-refractivity contribution is 0.0942. The van der Waals surface area contributed by atoms with Gasteiger partial charge in [0.2, 0.25) is 0 Å². The molecule has 254 valence electrons. The second kappa shape index (κ2) is 13.2. The third-order valence-electron chi connectivity index (χ3n) is 9.57. The minimum Gasteiger partial charge on any atom is -0.351 e. The van der Waals surface area contributed by atoms with Gasteiger partial charge in [0.25, 0.3) is 11.8 Å². The van der Waals surface area contributed by atoms with E-state index in [2.05, 4.69) is 21.3 Å². The molecule has 11 heteroatoms. The molecule has 51 heavy (non-hydrogen) atoms. The molecule has 2 aliphatic rings. The summed E-state index contributed by atoms with van der Waals surface area (Å²) in [7, 11) is 0. The highest BCUT2D eigenvalue weighted by molar-refractivity contribution is 6.07. The van der Waals surface area contributed by atoms with E-state index in [1.807, 2.05) is 60.0 Å². The quantitative estimate of drug-likeness (QED) is 0.182. The fourth-order valence-corrected chi connectivity index (χ4v) is 7.28. The highest BCUT2D eigenvalue weighted by atomic mass is 19.2. The Morgan fingerprint density at radius 1 is 0.647 bits per heavy atom. The van der Waals surface area contributed by atoms with Crippen molar-refractivity contribution < 1.29 is 22.8 Å². The smallest absolute Gasteiger partial charge is 0.268 e. The summed E-state index contributed by atoms with van der Waals surface area (Å²) in [6.45, 7) is 6.28. The number of carbonyl (C=O) groups is 2. The summed E-state index contributed by atoms with van der Waals surface area (Å²) in [5.74, 6) is -4.42. The molecule has 8 nitrogen and oxygen atoms in total. The number of hydrogen-bond donors (Lipinski definition) is 2. The van der Waals surface area contributed by atoms with E-state index in [1.165, 1.54) is 6.07 Å². The van der Waals surface area contributed by atoms with E-state index < -0.39 is 17.5 Å². The van der Waals surface area contributed by atoms with E-state index in [9.17, 15) is 33.3 Å². The molecule has 4 heterocycles. The van der Waals surface area contributed by atoms with Crippen LogP contribution in [-0.2, 0) is 13.1 Å². The van der Waals surface area contributed by atoms with Crippen LogP contribution in [0.4, 0.5) is 13.2 Å². The topological polar surface area (TPSA) is 116 Å². The molecule has 8 rings (SSSR count). The zero-order chi connectivity index (χ0) is 36.0. The van der Waals surface area contributed by atoms with Gasteiger partial charge in [-0.3, -0.25) is 9.59 Å². The Balaban J connectivity index is 0.000000160. The number of benzene rings is 4. The van der Waals surface area contributed by atoms with Crippen LogP contribution in [0.25, 0.3) is 44.1 Å². The van der Waals surface area contributed by atoms with Gasteiger partial charge in [0.15, 0.2) is 17.5 Å². The van der Waals surface area contributed by atoms with E-state index in [4.69, 9.17) is 0 Å². The number of nitrogens with zero attached hydrogens (tertiary/aromatic N) is 4. The van der Waals surface area contributed by atoms with Crippen LogP contribution >= 0.6 is 0 Å². The van der Waals surface area contributed by atoms with Gasteiger partial charge >= 0.3 is 0 Å². The Bertz CT molecular complexity index is 2480. The predicted octanol–water partition coefficient (Wildman–Crippen LogP) is 7.66. The first-order valence-corrected chi connectivity index (χ1v) is 16.5. The zero-order valence-corrected chi connectivity index (χ0v) is 27.8. The van der Waals surface area contributed by atoms with Crippen molar-refractivity contribution in [3.8, 4) is 34.4 Å². The summed E-state index contributed by atoms with van der Waals surface area (Å²) in [6, 6.07) is 23.1. The molecule has 0 saturated carbocycles. The van der Waals surface area contributed by atoms with Crippen molar-refractivity contribution in [2.24, 2.45) is 0 Å². The monoisotopic (exact) mass is 684 g/mol. The molecule has 2 N–H and O–H groups in total. The first kappa shape index (κ1) is 33.2. The average Bonchev–Trinajstić information content (AvgIpc) is 3.37. The largest absolute Gasteiger partial charge is 0.351 e. The second-order valence-electron chi connectivity index (χ2n) is 12.7. The summed E-state index contributed by atoms with van der Waals surface area (Å²) in [5, 5.41) is 26.2. The molecule has 0 saturated heterocycles. The number of hydrogen-bond acceptors (Lipinski definition) is 4. The van der Waals surface area contributed by atoms with Crippen LogP contribution in [0, 0.1) is 54.0 Å². The van der Waals surface area contributed by atoms with E-state index in [0.717, 1.165) is 58.4 Å². The number of halogens is 3. The fraction of sp³-hybridized carbons (Fsp3) is 0.200. The standard InChI is InChI=1S/C20H14F3N3O.C20H17N3O/c1-10-13-5-11(9-24)6-14(12-7-15(21)17(23)16(22)8-12)19(13)26-4-2-3-25-20(27)18(10)26;1-13-16-10-14(12-21)11-17(15-6-3-2-4-7-15)19(16)23-9-5-8-22-20(24)18(13)23/h5-8H,2-4H2,1H3,(H,25,27);2-4,6-7,10-11H,5,8-9H2,1H3,(H,22,24). The maximum Gasteiger partial charge on any atom is 0.268 e. The summed E-state index contributed by atoms with van der Waals surface area (Å²) in [4.78, 5) is 25.0. The first-order valence-electron chi connectivity index (χ1n) is 16.5. The molecule has 0 atom stereocenters. The lowest BCUT2D eigenvalue weighted by Gasteiger charge is -2.11. The second-order valence-corrected chi connectivity index (χ2v) is 12.7. The molecule has 2 aromatic heterocycles. The molecule has 2 amide bonds. The summed E-state index contributed by atoms with van der Waals surface area (Å²) in [5.41, 5.74) is 7.91. The Morgan fingerprint density at radius 2 is 1.10 bits per heavy atom. The van der Waals surface area contributed by atoms with Gasteiger partial charge in [0.1, 0.15) is 11.4 Å². The third kappa shape index (κ3) is 5.67. The molecule has 2 aliphatic heterocycles. The van der Waals surface area contributed by atoms with E-state index in [-0.39, 0.29) is 22.9 Å². The number of aromatic nitrogens is 2. The minimum atomic E-state index is -1.55. The number of amides is 2. The predicted molar refractivity (Wildman–Crippen MR) is 187 cm³/mol. The number of aryl methyl sites for hydroxylation is 4. The molecule has 0 aliphatic carbocycles.